The molecule has 1 unspecified atom stereocenters. The largest absolute Gasteiger partial charge is 0.332 e. The first kappa shape index (κ1) is 11.4. The molecule has 88 valence electrons. The molecule has 0 aromatic carbocycles. The summed E-state index contributed by atoms with van der Waals surface area (Å²) in [6.45, 7) is 4.49. The maximum Gasteiger partial charge on any atom is 0.317 e. The Labute approximate surface area is 99.7 Å². The lowest BCUT2D eigenvalue weighted by molar-refractivity contribution is 0.169. The van der Waals surface area contributed by atoms with Gasteiger partial charge in [0.05, 0.1) is 17.7 Å². The Morgan fingerprint density at radius 2 is 2.62 bits per heavy atom. The van der Waals surface area contributed by atoms with Crippen molar-refractivity contribution in [2.24, 2.45) is 5.92 Å². The molecule has 1 aliphatic rings. The predicted molar refractivity (Wildman–Crippen MR) is 64.3 cm³/mol. The number of aromatic nitrogens is 1. The molecule has 5 heteroatoms. The monoisotopic (exact) mass is 239 g/mol. The number of hydrogen-bond donors (Lipinski definition) is 1. The Morgan fingerprint density at radius 1 is 1.75 bits per heavy atom. The number of likely N-dealkylation sites (tertiary alicyclic amines) is 1. The maximum absolute atomic E-state index is 11.8. The van der Waals surface area contributed by atoms with E-state index in [0.29, 0.717) is 12.5 Å². The minimum Gasteiger partial charge on any atom is -0.332 e. The molecule has 0 bridgehead atoms. The van der Waals surface area contributed by atoms with Gasteiger partial charge in [-0.1, -0.05) is 6.92 Å². The quantitative estimate of drug-likeness (QED) is 0.859. The summed E-state index contributed by atoms with van der Waals surface area (Å²) in [4.78, 5) is 17.9. The Bertz CT molecular complexity index is 339. The van der Waals surface area contributed by atoms with Crippen LogP contribution in [-0.4, -0.2) is 29.0 Å². The number of urea groups is 1. The summed E-state index contributed by atoms with van der Waals surface area (Å²) in [5.41, 5.74) is 2.72. The van der Waals surface area contributed by atoms with Crippen LogP contribution in [0.5, 0.6) is 0 Å². The highest BCUT2D eigenvalue weighted by Gasteiger charge is 2.20. The lowest BCUT2D eigenvalue weighted by Gasteiger charge is -2.30. The molecule has 0 radical (unpaired) electrons. The summed E-state index contributed by atoms with van der Waals surface area (Å²) in [6.07, 6.45) is 2.35. The molecule has 4 nitrogen and oxygen atoms in total. The topological polar surface area (TPSA) is 45.2 Å². The van der Waals surface area contributed by atoms with Crippen LogP contribution in [0.2, 0.25) is 0 Å². The van der Waals surface area contributed by atoms with Crippen molar-refractivity contribution < 1.29 is 4.79 Å². The normalized spacial score (nSPS) is 20.8. The van der Waals surface area contributed by atoms with Gasteiger partial charge in [-0.3, -0.25) is 0 Å². The van der Waals surface area contributed by atoms with Gasteiger partial charge in [-0.15, -0.1) is 11.3 Å². The van der Waals surface area contributed by atoms with Crippen LogP contribution in [0, 0.1) is 5.92 Å². The van der Waals surface area contributed by atoms with Crippen molar-refractivity contribution >= 4 is 17.4 Å². The van der Waals surface area contributed by atoms with E-state index >= 15 is 0 Å². The van der Waals surface area contributed by atoms with Gasteiger partial charge in [-0.05, 0) is 18.8 Å². The number of amides is 2. The molecule has 2 amide bonds. The first-order chi connectivity index (χ1) is 7.75. The molecule has 0 saturated carbocycles. The first-order valence-corrected chi connectivity index (χ1v) is 6.60. The second kappa shape index (κ2) is 5.30. The molecule has 2 heterocycles. The van der Waals surface area contributed by atoms with Crippen molar-refractivity contribution in [1.29, 1.82) is 0 Å². The van der Waals surface area contributed by atoms with E-state index in [0.717, 1.165) is 25.2 Å². The number of nitrogens with one attached hydrogen (secondary N) is 1. The average molecular weight is 239 g/mol. The summed E-state index contributed by atoms with van der Waals surface area (Å²) in [7, 11) is 0. The molecule has 1 atom stereocenters. The van der Waals surface area contributed by atoms with E-state index in [-0.39, 0.29) is 6.03 Å². The zero-order valence-corrected chi connectivity index (χ0v) is 10.3. The molecule has 0 spiro atoms. The number of piperidine rings is 1. The van der Waals surface area contributed by atoms with E-state index < -0.39 is 0 Å². The summed E-state index contributed by atoms with van der Waals surface area (Å²) in [6, 6.07) is 0.0413. The van der Waals surface area contributed by atoms with Gasteiger partial charge in [0.25, 0.3) is 0 Å². The van der Waals surface area contributed by atoms with Gasteiger partial charge in [0.15, 0.2) is 0 Å². The molecule has 1 aromatic rings. The second-order valence-electron chi connectivity index (χ2n) is 4.33. The van der Waals surface area contributed by atoms with Crippen LogP contribution in [-0.2, 0) is 6.54 Å². The van der Waals surface area contributed by atoms with Gasteiger partial charge >= 0.3 is 6.03 Å². The van der Waals surface area contributed by atoms with Gasteiger partial charge in [0.1, 0.15) is 0 Å². The average Bonchev–Trinajstić information content (AvgIpc) is 2.78. The van der Waals surface area contributed by atoms with Gasteiger partial charge in [-0.2, -0.15) is 0 Å². The zero-order valence-electron chi connectivity index (χ0n) is 9.48. The third kappa shape index (κ3) is 2.95. The molecule has 16 heavy (non-hydrogen) atoms. The summed E-state index contributed by atoms with van der Waals surface area (Å²) >= 11 is 1.55. The van der Waals surface area contributed by atoms with Gasteiger partial charge in [-0.25, -0.2) is 9.78 Å². The minimum atomic E-state index is 0.0413. The van der Waals surface area contributed by atoms with Crippen LogP contribution < -0.4 is 5.32 Å². The van der Waals surface area contributed by atoms with Crippen molar-refractivity contribution in [2.45, 2.75) is 26.3 Å². The smallest absolute Gasteiger partial charge is 0.317 e. The molecule has 1 aliphatic heterocycles. The third-order valence-electron chi connectivity index (χ3n) is 2.85. The van der Waals surface area contributed by atoms with E-state index in [1.165, 1.54) is 6.42 Å². The first-order valence-electron chi connectivity index (χ1n) is 5.65. The van der Waals surface area contributed by atoms with E-state index in [1.54, 1.807) is 16.8 Å². The standard InChI is InChI=1S/C11H17N3OS/c1-9-3-2-4-14(6-9)11(15)12-5-10-7-16-8-13-10/h7-9H,2-6H2,1H3,(H,12,15). The highest BCUT2D eigenvalue weighted by atomic mass is 32.1. The Balaban J connectivity index is 1.79. The van der Waals surface area contributed by atoms with Crippen molar-refractivity contribution in [1.82, 2.24) is 15.2 Å². The van der Waals surface area contributed by atoms with E-state index in [4.69, 9.17) is 0 Å². The van der Waals surface area contributed by atoms with Crippen molar-refractivity contribution in [2.75, 3.05) is 13.1 Å². The zero-order chi connectivity index (χ0) is 11.4. The number of nitrogens with zero attached hydrogens (tertiary/aromatic N) is 2. The van der Waals surface area contributed by atoms with Gasteiger partial charge < -0.3 is 10.2 Å². The van der Waals surface area contributed by atoms with Crippen molar-refractivity contribution in [3.8, 4) is 0 Å². The number of carbonyl (C=O) groups excluding carboxylic acids is 1. The van der Waals surface area contributed by atoms with Crippen LogP contribution in [0.4, 0.5) is 4.79 Å². The maximum atomic E-state index is 11.8. The molecule has 1 aromatic heterocycles. The van der Waals surface area contributed by atoms with E-state index in [9.17, 15) is 4.79 Å². The van der Waals surface area contributed by atoms with E-state index in [2.05, 4.69) is 17.2 Å². The number of hydrogen-bond acceptors (Lipinski definition) is 3. The molecule has 1 N–H and O–H groups in total. The molecule has 0 aliphatic carbocycles. The molecule has 1 saturated heterocycles. The van der Waals surface area contributed by atoms with Crippen LogP contribution in [0.15, 0.2) is 10.9 Å². The highest BCUT2D eigenvalue weighted by molar-refractivity contribution is 7.07. The van der Waals surface area contributed by atoms with Crippen LogP contribution in [0.1, 0.15) is 25.5 Å². The van der Waals surface area contributed by atoms with Crippen LogP contribution in [0.3, 0.4) is 0 Å². The van der Waals surface area contributed by atoms with Crippen LogP contribution >= 0.6 is 11.3 Å². The Hall–Kier alpha value is -1.10. The highest BCUT2D eigenvalue weighted by Crippen LogP contribution is 2.15. The second-order valence-corrected chi connectivity index (χ2v) is 5.05. The van der Waals surface area contributed by atoms with Gasteiger partial charge in [0, 0.05) is 18.5 Å². The van der Waals surface area contributed by atoms with Gasteiger partial charge in [0.2, 0.25) is 0 Å². The number of thiazole rings is 1. The summed E-state index contributed by atoms with van der Waals surface area (Å²) < 4.78 is 0. The van der Waals surface area contributed by atoms with Crippen LogP contribution in [0.25, 0.3) is 0 Å². The summed E-state index contributed by atoms with van der Waals surface area (Å²) in [5, 5.41) is 4.86. The third-order valence-corrected chi connectivity index (χ3v) is 3.48. The molecular formula is C11H17N3OS. The fourth-order valence-electron chi connectivity index (χ4n) is 1.98. The number of carbonyl (C=O) groups is 1. The minimum absolute atomic E-state index is 0.0413. The summed E-state index contributed by atoms with van der Waals surface area (Å²) in [5.74, 6) is 0.624. The fraction of sp³-hybridized carbons (Fsp3) is 0.636. The Morgan fingerprint density at radius 3 is 3.31 bits per heavy atom. The van der Waals surface area contributed by atoms with E-state index in [1.807, 2.05) is 10.3 Å². The molecule has 1 fully saturated rings. The lowest BCUT2D eigenvalue weighted by Crippen LogP contribution is -2.44. The van der Waals surface area contributed by atoms with Crippen molar-refractivity contribution in [3.05, 3.63) is 16.6 Å². The SMILES string of the molecule is CC1CCCN(C(=O)NCc2cscn2)C1. The Kier molecular flexibility index (Phi) is 3.77. The molecule has 2 rings (SSSR count). The number of rotatable bonds is 2. The predicted octanol–water partition coefficient (Wildman–Crippen LogP) is 2.08. The fourth-order valence-corrected chi connectivity index (χ4v) is 2.54. The lowest BCUT2D eigenvalue weighted by atomic mass is 10.0. The van der Waals surface area contributed by atoms with Crippen molar-refractivity contribution in [3.63, 3.8) is 0 Å². The molecular weight excluding hydrogens is 222 g/mol.